The Kier molecular flexibility index (Phi) is 8.42. The number of benzene rings is 2. The normalized spacial score (nSPS) is 16.6. The summed E-state index contributed by atoms with van der Waals surface area (Å²) < 4.78 is 57.4. The van der Waals surface area contributed by atoms with Crippen molar-refractivity contribution < 1.29 is 22.0 Å². The van der Waals surface area contributed by atoms with Crippen molar-refractivity contribution in [3.05, 3.63) is 81.9 Å². The van der Waals surface area contributed by atoms with E-state index in [9.17, 15) is 22.0 Å². The highest BCUT2D eigenvalue weighted by Gasteiger charge is 2.40. The van der Waals surface area contributed by atoms with Crippen molar-refractivity contribution in [1.29, 1.82) is 0 Å². The van der Waals surface area contributed by atoms with Gasteiger partial charge in [0.1, 0.15) is 23.7 Å². The van der Waals surface area contributed by atoms with Crippen molar-refractivity contribution >= 4 is 55.5 Å². The molecule has 1 saturated heterocycles. The first kappa shape index (κ1) is 29.1. The molecule has 0 radical (unpaired) electrons. The topological polar surface area (TPSA) is 121 Å². The van der Waals surface area contributed by atoms with Crippen LogP contribution >= 0.6 is 22.6 Å². The minimum absolute atomic E-state index is 0.0162. The van der Waals surface area contributed by atoms with Gasteiger partial charge in [-0.3, -0.25) is 4.79 Å². The van der Waals surface area contributed by atoms with Gasteiger partial charge in [-0.2, -0.15) is 4.31 Å². The zero-order valence-corrected chi connectivity index (χ0v) is 24.9. The summed E-state index contributed by atoms with van der Waals surface area (Å²) in [5.74, 6) is -3.01. The third kappa shape index (κ3) is 6.28. The van der Waals surface area contributed by atoms with E-state index in [2.05, 4.69) is 47.8 Å². The van der Waals surface area contributed by atoms with E-state index in [1.54, 1.807) is 17.0 Å². The molecule has 14 heteroatoms. The molecule has 41 heavy (non-hydrogen) atoms. The van der Waals surface area contributed by atoms with E-state index < -0.39 is 27.9 Å². The molecule has 1 fully saturated rings. The monoisotopic (exact) mass is 693 g/mol. The van der Waals surface area contributed by atoms with Crippen molar-refractivity contribution in [2.24, 2.45) is 0 Å². The van der Waals surface area contributed by atoms with Gasteiger partial charge < -0.3 is 10.2 Å². The number of nitrogens with zero attached hydrogens (tertiary/aromatic N) is 6. The fraction of sp³-hybridized carbons (Fsp3) is 0.296. The molecule has 1 aliphatic heterocycles. The molecule has 214 valence electrons. The van der Waals surface area contributed by atoms with E-state index >= 15 is 0 Å². The second-order valence-corrected chi connectivity index (χ2v) is 12.6. The van der Waals surface area contributed by atoms with Gasteiger partial charge in [0.25, 0.3) is 5.92 Å². The Balaban J connectivity index is 1.40. The highest BCUT2D eigenvalue weighted by Crippen LogP contribution is 2.31. The summed E-state index contributed by atoms with van der Waals surface area (Å²) in [5, 5.41) is 2.79. The molecule has 2 aromatic heterocycles. The van der Waals surface area contributed by atoms with Crippen LogP contribution in [0.3, 0.4) is 0 Å². The third-order valence-electron chi connectivity index (χ3n) is 6.88. The SMILES string of the molecule is CCC(F)(F)c1ccc(CNC(=O)[C@H]2CN(c3cnc4cncnc4n3)CCN2S(=O)(=O)c2ccc(I)cc2)cc1. The van der Waals surface area contributed by atoms with Crippen LogP contribution in [0.1, 0.15) is 24.5 Å². The number of rotatable bonds is 8. The predicted molar refractivity (Wildman–Crippen MR) is 157 cm³/mol. The van der Waals surface area contributed by atoms with E-state index in [0.717, 1.165) is 3.57 Å². The second kappa shape index (κ2) is 11.9. The standard InChI is InChI=1S/C27H26F2IN7O3S/c1-2-27(28,29)19-5-3-18(4-6-19)13-33-26(38)23-16-36(24-15-32-22-14-31-17-34-25(22)35-24)11-12-37(23)41(39,40)21-9-7-20(30)8-10-21/h3-10,14-15,17,23H,2,11-13,16H2,1H3,(H,33,38)/t23-/m1/s1. The molecule has 4 aromatic rings. The van der Waals surface area contributed by atoms with Crippen LogP contribution in [-0.4, -0.2) is 64.2 Å². The number of alkyl halides is 2. The maximum absolute atomic E-state index is 14.0. The van der Waals surface area contributed by atoms with Gasteiger partial charge >= 0.3 is 0 Å². The van der Waals surface area contributed by atoms with Crippen LogP contribution in [0.2, 0.25) is 0 Å². The Morgan fingerprint density at radius 3 is 2.51 bits per heavy atom. The largest absolute Gasteiger partial charge is 0.352 e. The molecule has 1 atom stereocenters. The van der Waals surface area contributed by atoms with Crippen LogP contribution in [-0.2, 0) is 27.3 Å². The van der Waals surface area contributed by atoms with Crippen LogP contribution < -0.4 is 10.2 Å². The van der Waals surface area contributed by atoms with Crippen LogP contribution in [0.15, 0.2) is 72.1 Å². The summed E-state index contributed by atoms with van der Waals surface area (Å²) in [4.78, 5) is 32.4. The quantitative estimate of drug-likeness (QED) is 0.278. The molecule has 0 saturated carbocycles. The summed E-state index contributed by atoms with van der Waals surface area (Å²) in [6.45, 7) is 1.76. The number of piperazine rings is 1. The van der Waals surface area contributed by atoms with E-state index in [1.807, 2.05) is 0 Å². The van der Waals surface area contributed by atoms with E-state index in [1.165, 1.54) is 66.3 Å². The number of halogens is 3. The first-order chi connectivity index (χ1) is 19.6. The highest BCUT2D eigenvalue weighted by molar-refractivity contribution is 14.1. The Morgan fingerprint density at radius 1 is 1.07 bits per heavy atom. The lowest BCUT2D eigenvalue weighted by Crippen LogP contribution is -2.60. The van der Waals surface area contributed by atoms with Crippen LogP contribution in [0, 0.1) is 3.57 Å². The molecular weight excluding hydrogens is 667 g/mol. The Bertz CT molecular complexity index is 1660. The van der Waals surface area contributed by atoms with Gasteiger partial charge in [-0.15, -0.1) is 0 Å². The summed E-state index contributed by atoms with van der Waals surface area (Å²) >= 11 is 2.09. The molecule has 3 heterocycles. The smallest absolute Gasteiger partial charge is 0.273 e. The molecule has 1 amide bonds. The van der Waals surface area contributed by atoms with Gasteiger partial charge in [-0.1, -0.05) is 31.2 Å². The highest BCUT2D eigenvalue weighted by atomic mass is 127. The molecule has 10 nitrogen and oxygen atoms in total. The van der Waals surface area contributed by atoms with Crippen molar-refractivity contribution in [3.63, 3.8) is 0 Å². The molecule has 0 bridgehead atoms. The lowest BCUT2D eigenvalue weighted by molar-refractivity contribution is -0.125. The number of aromatic nitrogens is 4. The van der Waals surface area contributed by atoms with Crippen LogP contribution in [0.5, 0.6) is 0 Å². The molecular formula is C27H26F2IN7O3S. The van der Waals surface area contributed by atoms with Crippen molar-refractivity contribution in [3.8, 4) is 0 Å². The van der Waals surface area contributed by atoms with Gasteiger partial charge in [0, 0.05) is 41.7 Å². The fourth-order valence-electron chi connectivity index (χ4n) is 4.51. The third-order valence-corrected chi connectivity index (χ3v) is 9.52. The molecule has 0 spiro atoms. The van der Waals surface area contributed by atoms with Gasteiger partial charge in [-0.25, -0.2) is 37.1 Å². The molecule has 2 aromatic carbocycles. The number of carbonyl (C=O) groups is 1. The van der Waals surface area contributed by atoms with Crippen LogP contribution in [0.4, 0.5) is 14.6 Å². The Hall–Kier alpha value is -3.37. The molecule has 1 aliphatic rings. The maximum Gasteiger partial charge on any atom is 0.273 e. The lowest BCUT2D eigenvalue weighted by atomic mass is 10.0. The minimum atomic E-state index is -4.02. The first-order valence-electron chi connectivity index (χ1n) is 12.8. The Morgan fingerprint density at radius 2 is 1.80 bits per heavy atom. The van der Waals surface area contributed by atoms with Crippen molar-refractivity contribution in [2.45, 2.75) is 36.7 Å². The van der Waals surface area contributed by atoms with E-state index in [0.29, 0.717) is 22.5 Å². The van der Waals surface area contributed by atoms with Crippen molar-refractivity contribution in [2.75, 3.05) is 24.5 Å². The first-order valence-corrected chi connectivity index (χ1v) is 15.3. The number of hydrogen-bond donors (Lipinski definition) is 1. The number of carbonyl (C=O) groups excluding carboxylic acids is 1. The average Bonchev–Trinajstić information content (AvgIpc) is 2.99. The number of hydrogen-bond acceptors (Lipinski definition) is 8. The molecule has 1 N–H and O–H groups in total. The summed E-state index contributed by atoms with van der Waals surface area (Å²) in [7, 11) is -4.02. The average molecular weight is 694 g/mol. The zero-order chi connectivity index (χ0) is 29.2. The van der Waals surface area contributed by atoms with Gasteiger partial charge in [0.05, 0.1) is 17.3 Å². The van der Waals surface area contributed by atoms with Crippen molar-refractivity contribution in [1.82, 2.24) is 29.6 Å². The fourth-order valence-corrected chi connectivity index (χ4v) is 6.44. The predicted octanol–water partition coefficient (Wildman–Crippen LogP) is 3.72. The van der Waals surface area contributed by atoms with E-state index in [-0.39, 0.29) is 43.1 Å². The lowest BCUT2D eigenvalue weighted by Gasteiger charge is -2.40. The van der Waals surface area contributed by atoms with E-state index in [4.69, 9.17) is 0 Å². The summed E-state index contributed by atoms with van der Waals surface area (Å²) in [6, 6.07) is 11.0. The number of sulfonamides is 1. The zero-order valence-electron chi connectivity index (χ0n) is 21.9. The number of amides is 1. The summed E-state index contributed by atoms with van der Waals surface area (Å²) in [5.41, 5.74) is 1.39. The molecule has 0 aliphatic carbocycles. The Labute approximate surface area is 249 Å². The van der Waals surface area contributed by atoms with Gasteiger partial charge in [0.15, 0.2) is 5.65 Å². The van der Waals surface area contributed by atoms with Crippen LogP contribution in [0.25, 0.3) is 11.2 Å². The number of anilines is 1. The second-order valence-electron chi connectivity index (χ2n) is 9.46. The minimum Gasteiger partial charge on any atom is -0.352 e. The van der Waals surface area contributed by atoms with Gasteiger partial charge in [-0.05, 0) is 52.4 Å². The molecule has 5 rings (SSSR count). The molecule has 0 unspecified atom stereocenters. The van der Waals surface area contributed by atoms with Gasteiger partial charge in [0.2, 0.25) is 15.9 Å². The number of fused-ring (bicyclic) bond motifs is 1. The summed E-state index contributed by atoms with van der Waals surface area (Å²) in [6.07, 6.45) is 4.12. The number of nitrogens with one attached hydrogen (secondary N) is 1. The maximum atomic E-state index is 14.0.